The molecule has 2 rings (SSSR count). The minimum absolute atomic E-state index is 0.121. The Morgan fingerprint density at radius 3 is 2.70 bits per heavy atom. The molecule has 0 aliphatic rings. The van der Waals surface area contributed by atoms with E-state index in [4.69, 9.17) is 4.42 Å². The molecular formula is C16H18BrN3O3. The van der Waals surface area contributed by atoms with Crippen molar-refractivity contribution in [3.63, 3.8) is 0 Å². The number of carbonyl (C=O) groups is 2. The highest BCUT2D eigenvalue weighted by molar-refractivity contribution is 9.10. The van der Waals surface area contributed by atoms with Gasteiger partial charge in [-0.15, -0.1) is 0 Å². The first-order valence-corrected chi connectivity index (χ1v) is 7.86. The van der Waals surface area contributed by atoms with Crippen molar-refractivity contribution < 1.29 is 14.0 Å². The fraction of sp³-hybridized carbons (Fsp3) is 0.250. The summed E-state index contributed by atoms with van der Waals surface area (Å²) < 4.78 is 6.08. The Hall–Kier alpha value is -2.12. The van der Waals surface area contributed by atoms with E-state index in [9.17, 15) is 9.59 Å². The molecule has 0 spiro atoms. The van der Waals surface area contributed by atoms with Crippen molar-refractivity contribution in [3.8, 4) is 0 Å². The van der Waals surface area contributed by atoms with Gasteiger partial charge < -0.3 is 9.73 Å². The first kappa shape index (κ1) is 17.2. The number of benzene rings is 1. The molecule has 1 heterocycles. The third kappa shape index (κ3) is 5.88. The lowest BCUT2D eigenvalue weighted by Crippen LogP contribution is -2.43. The number of carbonyl (C=O) groups excluding carboxylic acids is 2. The molecule has 1 aromatic carbocycles. The molecule has 2 aromatic rings. The van der Waals surface area contributed by atoms with Crippen LogP contribution in [0.25, 0.3) is 0 Å². The number of nitrogens with zero attached hydrogens (tertiary/aromatic N) is 1. The summed E-state index contributed by atoms with van der Waals surface area (Å²) in [5, 5.41) is 4.85. The van der Waals surface area contributed by atoms with E-state index >= 15 is 0 Å². The Morgan fingerprint density at radius 2 is 2.00 bits per heavy atom. The summed E-state index contributed by atoms with van der Waals surface area (Å²) in [6.45, 7) is 0.956. The zero-order valence-corrected chi connectivity index (χ0v) is 14.3. The minimum Gasteiger partial charge on any atom is -0.467 e. The van der Waals surface area contributed by atoms with Crippen LogP contribution in [0.5, 0.6) is 0 Å². The van der Waals surface area contributed by atoms with Gasteiger partial charge in [-0.2, -0.15) is 0 Å². The van der Waals surface area contributed by atoms with Crippen LogP contribution in [0.2, 0.25) is 0 Å². The molecule has 0 saturated heterocycles. The number of hydrogen-bond donors (Lipinski definition) is 2. The first-order chi connectivity index (χ1) is 11.0. The molecule has 122 valence electrons. The van der Waals surface area contributed by atoms with Gasteiger partial charge >= 0.3 is 6.03 Å². The highest BCUT2D eigenvalue weighted by atomic mass is 79.9. The molecule has 3 amide bonds. The third-order valence-electron chi connectivity index (χ3n) is 3.07. The summed E-state index contributed by atoms with van der Waals surface area (Å²) in [6.07, 6.45) is 1.52. The Balaban J connectivity index is 1.73. The van der Waals surface area contributed by atoms with E-state index in [1.807, 2.05) is 36.2 Å². The molecule has 0 aliphatic heterocycles. The molecule has 1 aromatic heterocycles. The fourth-order valence-electron chi connectivity index (χ4n) is 2.01. The second-order valence-corrected chi connectivity index (χ2v) is 5.93. The zero-order chi connectivity index (χ0) is 16.7. The highest BCUT2D eigenvalue weighted by Crippen LogP contribution is 2.16. The lowest BCUT2D eigenvalue weighted by Gasteiger charge is -2.17. The van der Waals surface area contributed by atoms with Gasteiger partial charge in [0, 0.05) is 11.0 Å². The second kappa shape index (κ2) is 8.50. The Kier molecular flexibility index (Phi) is 6.37. The van der Waals surface area contributed by atoms with Gasteiger partial charge in [0.2, 0.25) is 5.91 Å². The minimum atomic E-state index is -0.541. The summed E-state index contributed by atoms with van der Waals surface area (Å²) in [4.78, 5) is 25.3. The molecule has 6 nitrogen and oxygen atoms in total. The summed E-state index contributed by atoms with van der Waals surface area (Å²) in [7, 11) is 1.82. The summed E-state index contributed by atoms with van der Waals surface area (Å²) in [6, 6.07) is 10.7. The normalized spacial score (nSPS) is 10.6. The van der Waals surface area contributed by atoms with Crippen LogP contribution >= 0.6 is 15.9 Å². The number of hydrogen-bond acceptors (Lipinski definition) is 4. The smallest absolute Gasteiger partial charge is 0.321 e. The predicted molar refractivity (Wildman–Crippen MR) is 89.6 cm³/mol. The summed E-state index contributed by atoms with van der Waals surface area (Å²) in [5.41, 5.74) is 1.07. The van der Waals surface area contributed by atoms with Gasteiger partial charge in [-0.1, -0.05) is 34.1 Å². The van der Waals surface area contributed by atoms with Crippen LogP contribution in [0, 0.1) is 0 Å². The summed E-state index contributed by atoms with van der Waals surface area (Å²) in [5.74, 6) is 0.259. The molecule has 0 saturated carbocycles. The Bertz CT molecular complexity index is 658. The number of urea groups is 1. The van der Waals surface area contributed by atoms with E-state index in [0.717, 1.165) is 10.0 Å². The van der Waals surface area contributed by atoms with Gasteiger partial charge in [0.15, 0.2) is 0 Å². The molecule has 0 atom stereocenters. The monoisotopic (exact) mass is 379 g/mol. The van der Waals surface area contributed by atoms with Crippen molar-refractivity contribution >= 4 is 27.9 Å². The fourth-order valence-corrected chi connectivity index (χ4v) is 2.42. The van der Waals surface area contributed by atoms with Crippen LogP contribution in [-0.2, 0) is 17.9 Å². The number of nitrogens with one attached hydrogen (secondary N) is 2. The summed E-state index contributed by atoms with van der Waals surface area (Å²) >= 11 is 3.47. The quantitative estimate of drug-likeness (QED) is 0.808. The number of amides is 3. The lowest BCUT2D eigenvalue weighted by molar-refractivity contribution is -0.121. The van der Waals surface area contributed by atoms with E-state index in [-0.39, 0.29) is 19.0 Å². The number of halogens is 1. The number of rotatable bonds is 6. The molecule has 0 radical (unpaired) electrons. The molecule has 0 bridgehead atoms. The van der Waals surface area contributed by atoms with E-state index in [1.165, 1.54) is 6.26 Å². The van der Waals surface area contributed by atoms with Gasteiger partial charge in [-0.3, -0.25) is 15.0 Å². The molecule has 23 heavy (non-hydrogen) atoms. The SMILES string of the molecule is CN(CC(=O)NC(=O)NCc1ccco1)Cc1ccccc1Br. The van der Waals surface area contributed by atoms with Crippen molar-refractivity contribution in [2.45, 2.75) is 13.1 Å². The number of likely N-dealkylation sites (N-methyl/N-ethyl adjacent to an activating group) is 1. The second-order valence-electron chi connectivity index (χ2n) is 5.07. The van der Waals surface area contributed by atoms with Crippen molar-refractivity contribution in [1.82, 2.24) is 15.5 Å². The maximum Gasteiger partial charge on any atom is 0.321 e. The predicted octanol–water partition coefficient (Wildman–Crippen LogP) is 2.50. The molecule has 2 N–H and O–H groups in total. The van der Waals surface area contributed by atoms with E-state index in [0.29, 0.717) is 12.3 Å². The van der Waals surface area contributed by atoms with Crippen molar-refractivity contribution in [2.75, 3.05) is 13.6 Å². The maximum atomic E-state index is 11.9. The van der Waals surface area contributed by atoms with Gasteiger partial charge in [-0.05, 0) is 30.8 Å². The van der Waals surface area contributed by atoms with Gasteiger partial charge in [0.25, 0.3) is 0 Å². The maximum absolute atomic E-state index is 11.9. The van der Waals surface area contributed by atoms with E-state index in [1.54, 1.807) is 12.1 Å². The van der Waals surface area contributed by atoms with E-state index < -0.39 is 6.03 Å². The average Bonchev–Trinajstić information content (AvgIpc) is 3.00. The standard InChI is InChI=1S/C16H18BrN3O3/c1-20(10-12-5-2-3-7-14(12)17)11-15(21)19-16(22)18-9-13-6-4-8-23-13/h2-8H,9-11H2,1H3,(H2,18,19,21,22). The topological polar surface area (TPSA) is 74.6 Å². The van der Waals surface area contributed by atoms with Crippen LogP contribution in [-0.4, -0.2) is 30.4 Å². The zero-order valence-electron chi connectivity index (χ0n) is 12.7. The van der Waals surface area contributed by atoms with Crippen LogP contribution in [0.3, 0.4) is 0 Å². The van der Waals surface area contributed by atoms with Crippen molar-refractivity contribution in [3.05, 3.63) is 58.5 Å². The molecule has 7 heteroatoms. The number of furan rings is 1. The van der Waals surface area contributed by atoms with Gasteiger partial charge in [0.1, 0.15) is 5.76 Å². The lowest BCUT2D eigenvalue weighted by atomic mass is 10.2. The van der Waals surface area contributed by atoms with Crippen molar-refractivity contribution in [1.29, 1.82) is 0 Å². The van der Waals surface area contributed by atoms with Crippen LogP contribution in [0.4, 0.5) is 4.79 Å². The first-order valence-electron chi connectivity index (χ1n) is 7.06. The number of imide groups is 1. The van der Waals surface area contributed by atoms with E-state index in [2.05, 4.69) is 26.6 Å². The average molecular weight is 380 g/mol. The molecule has 0 unspecified atom stereocenters. The van der Waals surface area contributed by atoms with Gasteiger partial charge in [0.05, 0.1) is 19.4 Å². The molecule has 0 fully saturated rings. The highest BCUT2D eigenvalue weighted by Gasteiger charge is 2.11. The Morgan fingerprint density at radius 1 is 1.22 bits per heavy atom. The van der Waals surface area contributed by atoms with Crippen LogP contribution in [0.15, 0.2) is 51.6 Å². The van der Waals surface area contributed by atoms with Crippen LogP contribution < -0.4 is 10.6 Å². The molecular weight excluding hydrogens is 362 g/mol. The Labute approximate surface area is 143 Å². The largest absolute Gasteiger partial charge is 0.467 e. The van der Waals surface area contributed by atoms with Crippen molar-refractivity contribution in [2.24, 2.45) is 0 Å². The molecule has 0 aliphatic carbocycles. The van der Waals surface area contributed by atoms with Gasteiger partial charge in [-0.25, -0.2) is 4.79 Å². The van der Waals surface area contributed by atoms with Crippen LogP contribution in [0.1, 0.15) is 11.3 Å². The third-order valence-corrected chi connectivity index (χ3v) is 3.84.